The molecule has 38 heavy (non-hydrogen) atoms. The highest BCUT2D eigenvalue weighted by Gasteiger charge is 2.36. The van der Waals surface area contributed by atoms with Crippen molar-refractivity contribution in [2.45, 2.75) is 90.5 Å². The number of hydrogen-bond acceptors (Lipinski definition) is 5. The summed E-state index contributed by atoms with van der Waals surface area (Å²) in [5, 5.41) is 0. The Morgan fingerprint density at radius 1 is 0.921 bits per heavy atom. The maximum absolute atomic E-state index is 13.4. The van der Waals surface area contributed by atoms with Crippen LogP contribution in [-0.2, 0) is 19.6 Å². The molecule has 0 radical (unpaired) electrons. The maximum atomic E-state index is 13.4. The van der Waals surface area contributed by atoms with Crippen LogP contribution < -0.4 is 0 Å². The highest BCUT2D eigenvalue weighted by atomic mass is 16.2. The predicted molar refractivity (Wildman–Crippen MR) is 151 cm³/mol. The van der Waals surface area contributed by atoms with Gasteiger partial charge in [0.2, 0.25) is 0 Å². The molecular formula is C30H45N7O. The average Bonchev–Trinajstić information content (AvgIpc) is 3.63. The van der Waals surface area contributed by atoms with Gasteiger partial charge < -0.3 is 14.9 Å². The van der Waals surface area contributed by atoms with Gasteiger partial charge in [-0.15, -0.1) is 0 Å². The van der Waals surface area contributed by atoms with Gasteiger partial charge in [0.15, 0.2) is 0 Å². The number of amides is 1. The summed E-state index contributed by atoms with van der Waals surface area (Å²) in [6.45, 7) is 11.2. The zero-order valence-corrected chi connectivity index (χ0v) is 23.6. The van der Waals surface area contributed by atoms with E-state index in [-0.39, 0.29) is 5.91 Å². The molecule has 1 aliphatic carbocycles. The fourth-order valence-corrected chi connectivity index (χ4v) is 5.86. The van der Waals surface area contributed by atoms with E-state index in [0.717, 1.165) is 18.2 Å². The van der Waals surface area contributed by atoms with Crippen molar-refractivity contribution >= 4 is 5.91 Å². The van der Waals surface area contributed by atoms with Gasteiger partial charge >= 0.3 is 0 Å². The number of nitrogens with one attached hydrogen (secondary N) is 2. The molecule has 4 rings (SSSR count). The lowest BCUT2D eigenvalue weighted by molar-refractivity contribution is 0.0358. The fourth-order valence-electron chi connectivity index (χ4n) is 5.86. The largest absolute Gasteiger partial charge is 0.347 e. The molecule has 1 saturated carbocycles. The van der Waals surface area contributed by atoms with Gasteiger partial charge in [0.1, 0.15) is 11.6 Å². The Morgan fingerprint density at radius 2 is 1.47 bits per heavy atom. The fraction of sp³-hybridized carbons (Fsp3) is 0.567. The maximum Gasteiger partial charge on any atom is 0.254 e. The molecular weight excluding hydrogens is 474 g/mol. The first-order chi connectivity index (χ1) is 18.4. The van der Waals surface area contributed by atoms with Gasteiger partial charge in [0.25, 0.3) is 5.91 Å². The minimum absolute atomic E-state index is 0.0343. The van der Waals surface area contributed by atoms with Gasteiger partial charge in [-0.1, -0.05) is 26.0 Å². The highest BCUT2D eigenvalue weighted by Crippen LogP contribution is 2.35. The van der Waals surface area contributed by atoms with E-state index in [1.54, 1.807) is 29.7 Å². The molecule has 0 atom stereocenters. The third kappa shape index (κ3) is 7.11. The van der Waals surface area contributed by atoms with Crippen LogP contribution in [0.3, 0.4) is 0 Å². The molecule has 0 aliphatic heterocycles. The smallest absolute Gasteiger partial charge is 0.254 e. The Balaban J connectivity index is 1.34. The molecule has 1 aromatic carbocycles. The molecule has 2 N–H and O–H groups in total. The topological polar surface area (TPSA) is 84.2 Å². The molecule has 2 heterocycles. The quantitative estimate of drug-likeness (QED) is 0.323. The predicted octanol–water partition coefficient (Wildman–Crippen LogP) is 5.23. The molecule has 8 heteroatoms. The zero-order chi connectivity index (χ0) is 27.0. The van der Waals surface area contributed by atoms with Crippen LogP contribution >= 0.6 is 0 Å². The van der Waals surface area contributed by atoms with E-state index >= 15 is 0 Å². The second kappa shape index (κ2) is 13.2. The summed E-state index contributed by atoms with van der Waals surface area (Å²) in [6.07, 6.45) is 14.4. The number of carbonyl (C=O) groups excluding carboxylic acids is 1. The van der Waals surface area contributed by atoms with E-state index in [2.05, 4.69) is 69.7 Å². The highest BCUT2D eigenvalue weighted by molar-refractivity contribution is 5.94. The normalized spacial score (nSPS) is 19.8. The van der Waals surface area contributed by atoms with Crippen LogP contribution in [0.2, 0.25) is 0 Å². The molecule has 2 aromatic heterocycles. The first kappa shape index (κ1) is 28.0. The number of aromatic amines is 2. The zero-order valence-electron chi connectivity index (χ0n) is 23.6. The Bertz CT molecular complexity index is 1040. The third-order valence-electron chi connectivity index (χ3n) is 8.12. The second-order valence-electron chi connectivity index (χ2n) is 11.1. The van der Waals surface area contributed by atoms with E-state index in [9.17, 15) is 4.79 Å². The van der Waals surface area contributed by atoms with Gasteiger partial charge in [-0.25, -0.2) is 9.97 Å². The van der Waals surface area contributed by atoms with Gasteiger partial charge in [-0.3, -0.25) is 14.6 Å². The van der Waals surface area contributed by atoms with E-state index in [4.69, 9.17) is 0 Å². The second-order valence-corrected chi connectivity index (χ2v) is 11.1. The molecule has 0 bridgehead atoms. The van der Waals surface area contributed by atoms with Gasteiger partial charge in [-0.2, -0.15) is 0 Å². The number of carbonyl (C=O) groups is 1. The van der Waals surface area contributed by atoms with Crippen molar-refractivity contribution in [3.8, 4) is 0 Å². The molecule has 1 aliphatic rings. The Hall–Kier alpha value is -2.97. The lowest BCUT2D eigenvalue weighted by Crippen LogP contribution is -2.51. The number of benzene rings is 1. The number of H-pyrrole nitrogens is 2. The van der Waals surface area contributed by atoms with Crippen molar-refractivity contribution in [2.75, 3.05) is 20.1 Å². The van der Waals surface area contributed by atoms with Crippen LogP contribution in [0.15, 0.2) is 49.1 Å². The van der Waals surface area contributed by atoms with Gasteiger partial charge in [-0.05, 0) is 83.3 Å². The van der Waals surface area contributed by atoms with Crippen LogP contribution in [0.5, 0.6) is 0 Å². The summed E-state index contributed by atoms with van der Waals surface area (Å²) in [5.74, 6) is 1.46. The van der Waals surface area contributed by atoms with Crippen molar-refractivity contribution in [3.05, 3.63) is 71.8 Å². The van der Waals surface area contributed by atoms with Crippen molar-refractivity contribution < 1.29 is 4.79 Å². The molecule has 0 spiro atoms. The Morgan fingerprint density at radius 3 is 1.95 bits per heavy atom. The molecule has 0 saturated heterocycles. The molecule has 0 unspecified atom stereocenters. The number of aromatic nitrogens is 4. The van der Waals surface area contributed by atoms with Crippen molar-refractivity contribution in [1.82, 2.24) is 34.6 Å². The molecule has 8 nitrogen and oxygen atoms in total. The third-order valence-corrected chi connectivity index (χ3v) is 8.12. The number of nitrogens with zero attached hydrogens (tertiary/aromatic N) is 5. The molecule has 1 fully saturated rings. The number of imidazole rings is 2. The van der Waals surface area contributed by atoms with Crippen LogP contribution in [-0.4, -0.2) is 72.3 Å². The van der Waals surface area contributed by atoms with Crippen molar-refractivity contribution in [3.63, 3.8) is 0 Å². The molecule has 206 valence electrons. The first-order valence-electron chi connectivity index (χ1n) is 14.2. The summed E-state index contributed by atoms with van der Waals surface area (Å²) in [6, 6.07) is 8.70. The van der Waals surface area contributed by atoms with E-state index in [1.807, 2.05) is 12.1 Å². The molecule has 3 aromatic rings. The lowest BCUT2D eigenvalue weighted by atomic mass is 9.78. The minimum atomic E-state index is -0.0343. The van der Waals surface area contributed by atoms with Crippen molar-refractivity contribution in [2.24, 2.45) is 0 Å². The first-order valence-corrected chi connectivity index (χ1v) is 14.2. The van der Waals surface area contributed by atoms with Crippen molar-refractivity contribution in [1.29, 1.82) is 0 Å². The van der Waals surface area contributed by atoms with Crippen LogP contribution in [0.1, 0.15) is 86.9 Å². The minimum Gasteiger partial charge on any atom is -0.347 e. The summed E-state index contributed by atoms with van der Waals surface area (Å²) < 4.78 is 0. The van der Waals surface area contributed by atoms with Crippen LogP contribution in [0, 0.1) is 0 Å². The van der Waals surface area contributed by atoms with Crippen LogP contribution in [0.4, 0.5) is 0 Å². The van der Waals surface area contributed by atoms with Crippen LogP contribution in [0.25, 0.3) is 0 Å². The summed E-state index contributed by atoms with van der Waals surface area (Å²) in [4.78, 5) is 35.2. The SMILES string of the molecule is CCCN(CCC)C1(C)CCC(N(C)Cc2ccc(C(=O)N(Cc3ncc[nH]3)Cc3ncc[nH]3)cc2)CC1. The summed E-state index contributed by atoms with van der Waals surface area (Å²) >= 11 is 0. The van der Waals surface area contributed by atoms with Gasteiger partial charge in [0, 0.05) is 48.5 Å². The lowest BCUT2D eigenvalue weighted by Gasteiger charge is -2.47. The van der Waals surface area contributed by atoms with E-state index in [0.29, 0.717) is 30.2 Å². The standard InChI is InChI=1S/C30H45N7O/c1-5-19-37(20-6-2)30(3)13-11-26(12-14-30)35(4)21-24-7-9-25(10-8-24)29(38)36(22-27-31-15-16-32-27)23-28-33-17-18-34-28/h7-10,15-18,26H,5-6,11-14,19-23H2,1-4H3,(H,31,32)(H,33,34). The molecule has 1 amide bonds. The number of hydrogen-bond donors (Lipinski definition) is 2. The summed E-state index contributed by atoms with van der Waals surface area (Å²) in [7, 11) is 2.25. The Kier molecular flexibility index (Phi) is 9.74. The number of rotatable bonds is 13. The van der Waals surface area contributed by atoms with E-state index in [1.165, 1.54) is 57.2 Å². The van der Waals surface area contributed by atoms with E-state index < -0.39 is 0 Å². The summed E-state index contributed by atoms with van der Waals surface area (Å²) in [5.41, 5.74) is 2.25. The monoisotopic (exact) mass is 519 g/mol. The van der Waals surface area contributed by atoms with Gasteiger partial charge in [0.05, 0.1) is 13.1 Å². The Labute approximate surface area is 227 Å². The average molecular weight is 520 g/mol.